The normalized spacial score (nSPS) is 20.8. The molecule has 2 N–H and O–H groups in total. The summed E-state index contributed by atoms with van der Waals surface area (Å²) in [5, 5.41) is 11.8. The zero-order valence-corrected chi connectivity index (χ0v) is 10.5. The molecule has 1 aromatic carbocycles. The van der Waals surface area contributed by atoms with E-state index in [1.54, 1.807) is 0 Å². The van der Waals surface area contributed by atoms with Crippen LogP contribution >= 0.6 is 0 Å². The van der Waals surface area contributed by atoms with E-state index < -0.39 is 5.97 Å². The predicted molar refractivity (Wildman–Crippen MR) is 70.4 cm³/mol. The Bertz CT molecular complexity index is 381. The molecule has 0 amide bonds. The van der Waals surface area contributed by atoms with Gasteiger partial charge < -0.3 is 10.4 Å². The minimum absolute atomic E-state index is 0.0594. The van der Waals surface area contributed by atoms with Crippen molar-refractivity contribution >= 4 is 5.97 Å². The van der Waals surface area contributed by atoms with Crippen LogP contribution in [-0.4, -0.2) is 41.7 Å². The summed E-state index contributed by atoms with van der Waals surface area (Å²) in [6, 6.07) is 10.7. The molecule has 98 valence electrons. The van der Waals surface area contributed by atoms with E-state index >= 15 is 0 Å². The van der Waals surface area contributed by atoms with Gasteiger partial charge in [0.05, 0.1) is 6.54 Å². The van der Waals surface area contributed by atoms with Gasteiger partial charge in [-0.1, -0.05) is 30.3 Å². The molecule has 0 unspecified atom stereocenters. The van der Waals surface area contributed by atoms with Gasteiger partial charge in [0.1, 0.15) is 0 Å². The van der Waals surface area contributed by atoms with E-state index in [-0.39, 0.29) is 6.54 Å². The third-order valence-corrected chi connectivity index (χ3v) is 3.30. The van der Waals surface area contributed by atoms with Crippen molar-refractivity contribution in [1.29, 1.82) is 0 Å². The molecule has 0 aromatic heterocycles. The van der Waals surface area contributed by atoms with Crippen LogP contribution < -0.4 is 5.32 Å². The molecule has 4 nitrogen and oxygen atoms in total. The van der Waals surface area contributed by atoms with Gasteiger partial charge in [-0.05, 0) is 24.9 Å². The Hall–Kier alpha value is -1.39. The van der Waals surface area contributed by atoms with E-state index in [9.17, 15) is 4.79 Å². The van der Waals surface area contributed by atoms with Crippen LogP contribution in [-0.2, 0) is 11.3 Å². The number of carboxylic acid groups (broad SMARTS) is 1. The molecular weight excluding hydrogens is 228 g/mol. The second-order valence-corrected chi connectivity index (χ2v) is 4.83. The van der Waals surface area contributed by atoms with Gasteiger partial charge in [-0.2, -0.15) is 0 Å². The molecule has 4 heteroatoms. The van der Waals surface area contributed by atoms with E-state index in [1.165, 1.54) is 5.56 Å². The van der Waals surface area contributed by atoms with Crippen LogP contribution in [0.15, 0.2) is 30.3 Å². The van der Waals surface area contributed by atoms with Crippen molar-refractivity contribution in [2.24, 2.45) is 0 Å². The van der Waals surface area contributed by atoms with Crippen LogP contribution in [0.25, 0.3) is 0 Å². The van der Waals surface area contributed by atoms with Crippen LogP contribution in [0.5, 0.6) is 0 Å². The fraction of sp³-hybridized carbons (Fsp3) is 0.500. The number of hydrogen-bond donors (Lipinski definition) is 2. The first kappa shape index (κ1) is 13.1. The van der Waals surface area contributed by atoms with Crippen LogP contribution in [0.3, 0.4) is 0 Å². The molecule has 0 radical (unpaired) electrons. The van der Waals surface area contributed by atoms with Gasteiger partial charge >= 0.3 is 5.97 Å². The Labute approximate surface area is 108 Å². The Morgan fingerprint density at radius 2 is 2.17 bits per heavy atom. The summed E-state index contributed by atoms with van der Waals surface area (Å²) in [7, 11) is 0. The van der Waals surface area contributed by atoms with Gasteiger partial charge in [0.15, 0.2) is 0 Å². The summed E-state index contributed by atoms with van der Waals surface area (Å²) in [6.07, 6.45) is 2.20. The molecule has 0 aliphatic carbocycles. The maximum atomic E-state index is 10.5. The molecule has 1 aliphatic heterocycles. The highest BCUT2D eigenvalue weighted by Gasteiger charge is 2.19. The molecule has 1 fully saturated rings. The maximum absolute atomic E-state index is 10.5. The zero-order chi connectivity index (χ0) is 12.8. The summed E-state index contributed by atoms with van der Waals surface area (Å²) < 4.78 is 0. The monoisotopic (exact) mass is 248 g/mol. The molecule has 1 aromatic rings. The van der Waals surface area contributed by atoms with E-state index in [1.807, 2.05) is 6.07 Å². The molecule has 0 saturated carbocycles. The van der Waals surface area contributed by atoms with Crippen molar-refractivity contribution in [3.05, 3.63) is 35.9 Å². The number of aliphatic carboxylic acids is 1. The molecule has 1 heterocycles. The SMILES string of the molecule is O=C(O)CN[C@@H]1CCCN(Cc2ccccc2)C1. The lowest BCUT2D eigenvalue weighted by Gasteiger charge is -2.33. The Kier molecular flexibility index (Phi) is 4.73. The average Bonchev–Trinajstić information content (AvgIpc) is 2.38. The minimum atomic E-state index is -0.782. The zero-order valence-electron chi connectivity index (χ0n) is 10.5. The number of carboxylic acids is 1. The lowest BCUT2D eigenvalue weighted by Crippen LogP contribution is -2.46. The fourth-order valence-corrected chi connectivity index (χ4v) is 2.44. The molecule has 1 saturated heterocycles. The molecular formula is C14H20N2O2. The molecule has 0 spiro atoms. The summed E-state index contributed by atoms with van der Waals surface area (Å²) in [5.74, 6) is -0.782. The molecule has 1 atom stereocenters. The van der Waals surface area contributed by atoms with Gasteiger partial charge in [0.2, 0.25) is 0 Å². The van der Waals surface area contributed by atoms with Gasteiger partial charge in [-0.3, -0.25) is 9.69 Å². The molecule has 0 bridgehead atoms. The number of nitrogens with zero attached hydrogens (tertiary/aromatic N) is 1. The second kappa shape index (κ2) is 6.52. The smallest absolute Gasteiger partial charge is 0.317 e. The van der Waals surface area contributed by atoms with Crippen molar-refractivity contribution in [2.75, 3.05) is 19.6 Å². The van der Waals surface area contributed by atoms with Crippen LogP contribution in [0.4, 0.5) is 0 Å². The van der Waals surface area contributed by atoms with Crippen molar-refractivity contribution in [1.82, 2.24) is 10.2 Å². The largest absolute Gasteiger partial charge is 0.480 e. The fourth-order valence-electron chi connectivity index (χ4n) is 2.44. The van der Waals surface area contributed by atoms with E-state index in [0.717, 1.165) is 32.5 Å². The number of benzene rings is 1. The van der Waals surface area contributed by atoms with E-state index in [4.69, 9.17) is 5.11 Å². The summed E-state index contributed by atoms with van der Waals surface area (Å²) in [5.41, 5.74) is 1.32. The number of piperidine rings is 1. The maximum Gasteiger partial charge on any atom is 0.317 e. The van der Waals surface area contributed by atoms with Crippen molar-refractivity contribution in [3.63, 3.8) is 0 Å². The summed E-state index contributed by atoms with van der Waals surface area (Å²) in [4.78, 5) is 12.9. The molecule has 1 aliphatic rings. The lowest BCUT2D eigenvalue weighted by molar-refractivity contribution is -0.136. The average molecular weight is 248 g/mol. The predicted octanol–water partition coefficient (Wildman–Crippen LogP) is 1.33. The number of nitrogens with one attached hydrogen (secondary N) is 1. The van der Waals surface area contributed by atoms with Crippen molar-refractivity contribution in [2.45, 2.75) is 25.4 Å². The summed E-state index contributed by atoms with van der Waals surface area (Å²) in [6.45, 7) is 3.04. The van der Waals surface area contributed by atoms with Gasteiger partial charge in [-0.15, -0.1) is 0 Å². The first-order chi connectivity index (χ1) is 8.74. The second-order valence-electron chi connectivity index (χ2n) is 4.83. The third-order valence-electron chi connectivity index (χ3n) is 3.30. The topological polar surface area (TPSA) is 52.6 Å². The van der Waals surface area contributed by atoms with Gasteiger partial charge in [0, 0.05) is 19.1 Å². The standard InChI is InChI=1S/C14H20N2O2/c17-14(18)9-15-13-7-4-8-16(11-13)10-12-5-2-1-3-6-12/h1-3,5-6,13,15H,4,7-11H2,(H,17,18)/t13-/m1/s1. The number of carbonyl (C=O) groups is 1. The highest BCUT2D eigenvalue weighted by atomic mass is 16.4. The van der Waals surface area contributed by atoms with Crippen LogP contribution in [0.2, 0.25) is 0 Å². The Morgan fingerprint density at radius 1 is 1.39 bits per heavy atom. The van der Waals surface area contributed by atoms with Gasteiger partial charge in [0.25, 0.3) is 0 Å². The third kappa shape index (κ3) is 4.13. The summed E-state index contributed by atoms with van der Waals surface area (Å²) >= 11 is 0. The Morgan fingerprint density at radius 3 is 2.89 bits per heavy atom. The van der Waals surface area contributed by atoms with E-state index in [0.29, 0.717) is 6.04 Å². The quantitative estimate of drug-likeness (QED) is 0.825. The first-order valence-corrected chi connectivity index (χ1v) is 6.45. The van der Waals surface area contributed by atoms with Crippen LogP contribution in [0, 0.1) is 0 Å². The van der Waals surface area contributed by atoms with E-state index in [2.05, 4.69) is 34.5 Å². The van der Waals surface area contributed by atoms with Crippen molar-refractivity contribution < 1.29 is 9.90 Å². The van der Waals surface area contributed by atoms with Crippen LogP contribution in [0.1, 0.15) is 18.4 Å². The molecule has 18 heavy (non-hydrogen) atoms. The lowest BCUT2D eigenvalue weighted by atomic mass is 10.0. The van der Waals surface area contributed by atoms with Crippen molar-refractivity contribution in [3.8, 4) is 0 Å². The first-order valence-electron chi connectivity index (χ1n) is 6.45. The highest BCUT2D eigenvalue weighted by molar-refractivity contribution is 5.69. The number of likely N-dealkylation sites (tertiary alicyclic amines) is 1. The molecule has 2 rings (SSSR count). The number of hydrogen-bond acceptors (Lipinski definition) is 3. The Balaban J connectivity index is 1.81. The number of rotatable bonds is 5. The highest BCUT2D eigenvalue weighted by Crippen LogP contribution is 2.13. The minimum Gasteiger partial charge on any atom is -0.480 e. The van der Waals surface area contributed by atoms with Gasteiger partial charge in [-0.25, -0.2) is 0 Å².